The van der Waals surface area contributed by atoms with Gasteiger partial charge < -0.3 is 10.2 Å². The first kappa shape index (κ1) is 14.6. The highest BCUT2D eigenvalue weighted by molar-refractivity contribution is 5.88. The number of nitrogens with one attached hydrogen (secondary N) is 1. The number of hydrogen-bond acceptors (Lipinski definition) is 2. The van der Waals surface area contributed by atoms with Gasteiger partial charge in [-0.3, -0.25) is 4.79 Å². The Labute approximate surface area is 127 Å². The molecule has 2 aliphatic rings. The highest BCUT2D eigenvalue weighted by Gasteiger charge is 2.44. The summed E-state index contributed by atoms with van der Waals surface area (Å²) in [6, 6.07) is 11.0. The normalized spacial score (nSPS) is 25.6. The van der Waals surface area contributed by atoms with E-state index in [4.69, 9.17) is 0 Å². The lowest BCUT2D eigenvalue weighted by molar-refractivity contribution is -0.137. The van der Waals surface area contributed by atoms with Gasteiger partial charge in [0.05, 0.1) is 5.41 Å². The predicted molar refractivity (Wildman–Crippen MR) is 85.2 cm³/mol. The Hall–Kier alpha value is -1.35. The second kappa shape index (κ2) is 6.18. The van der Waals surface area contributed by atoms with Crippen molar-refractivity contribution in [3.8, 4) is 0 Å². The smallest absolute Gasteiger partial charge is 0.233 e. The molecule has 1 atom stereocenters. The third-order valence-electron chi connectivity index (χ3n) is 5.19. The maximum atomic E-state index is 13.3. The molecule has 114 valence electrons. The average molecular weight is 286 g/mol. The quantitative estimate of drug-likeness (QED) is 0.906. The number of nitrogens with zero attached hydrogens (tertiary/aromatic N) is 1. The summed E-state index contributed by atoms with van der Waals surface area (Å²) in [5.41, 5.74) is 0.965. The summed E-state index contributed by atoms with van der Waals surface area (Å²) < 4.78 is 0. The topological polar surface area (TPSA) is 32.3 Å². The van der Waals surface area contributed by atoms with Crippen molar-refractivity contribution >= 4 is 5.91 Å². The molecular weight excluding hydrogens is 260 g/mol. The van der Waals surface area contributed by atoms with Crippen LogP contribution in [0.1, 0.15) is 44.6 Å². The predicted octanol–water partition coefficient (Wildman–Crippen LogP) is 2.71. The number of rotatable bonds is 2. The van der Waals surface area contributed by atoms with Crippen molar-refractivity contribution < 1.29 is 4.79 Å². The standard InChI is InChI=1S/C18H26N2O/c1-15-9-13-20(14-12-19-15)17(21)18(10-5-6-11-18)16-7-3-2-4-8-16/h2-4,7-8,15,19H,5-6,9-14H2,1H3. The van der Waals surface area contributed by atoms with Crippen molar-refractivity contribution in [3.05, 3.63) is 35.9 Å². The van der Waals surface area contributed by atoms with Crippen molar-refractivity contribution in [1.82, 2.24) is 10.2 Å². The van der Waals surface area contributed by atoms with E-state index in [-0.39, 0.29) is 5.41 Å². The lowest BCUT2D eigenvalue weighted by Gasteiger charge is -2.34. The van der Waals surface area contributed by atoms with Gasteiger partial charge in [0.15, 0.2) is 0 Å². The van der Waals surface area contributed by atoms with Crippen molar-refractivity contribution in [2.24, 2.45) is 0 Å². The van der Waals surface area contributed by atoms with Gasteiger partial charge in [0, 0.05) is 25.7 Å². The Morgan fingerprint density at radius 1 is 1.19 bits per heavy atom. The summed E-state index contributed by atoms with van der Waals surface area (Å²) in [6.45, 7) is 4.85. The zero-order chi connectivity index (χ0) is 14.7. The molecule has 0 bridgehead atoms. The fourth-order valence-electron chi connectivity index (χ4n) is 3.88. The molecule has 21 heavy (non-hydrogen) atoms. The van der Waals surface area contributed by atoms with Crippen molar-refractivity contribution in [1.29, 1.82) is 0 Å². The molecular formula is C18H26N2O. The molecule has 1 N–H and O–H groups in total. The van der Waals surface area contributed by atoms with E-state index in [1.165, 1.54) is 18.4 Å². The number of benzene rings is 1. The molecule has 0 spiro atoms. The van der Waals surface area contributed by atoms with E-state index in [1.54, 1.807) is 0 Å². The molecule has 3 rings (SSSR count). The highest BCUT2D eigenvalue weighted by atomic mass is 16.2. The van der Waals surface area contributed by atoms with Crippen molar-refractivity contribution in [3.63, 3.8) is 0 Å². The molecule has 1 unspecified atom stereocenters. The molecule has 1 heterocycles. The number of carbonyl (C=O) groups is 1. The van der Waals surface area contributed by atoms with Crippen LogP contribution in [0.3, 0.4) is 0 Å². The van der Waals surface area contributed by atoms with E-state index < -0.39 is 0 Å². The molecule has 1 amide bonds. The summed E-state index contributed by atoms with van der Waals surface area (Å²) in [7, 11) is 0. The van der Waals surface area contributed by atoms with E-state index in [1.807, 2.05) is 6.07 Å². The molecule has 0 radical (unpaired) electrons. The van der Waals surface area contributed by atoms with Crippen LogP contribution in [0.15, 0.2) is 30.3 Å². The summed E-state index contributed by atoms with van der Waals surface area (Å²) in [4.78, 5) is 15.4. The van der Waals surface area contributed by atoms with Gasteiger partial charge in [0.2, 0.25) is 5.91 Å². The Morgan fingerprint density at radius 3 is 2.62 bits per heavy atom. The minimum absolute atomic E-state index is 0.255. The van der Waals surface area contributed by atoms with Crippen LogP contribution in [-0.4, -0.2) is 36.5 Å². The Morgan fingerprint density at radius 2 is 1.90 bits per heavy atom. The molecule has 1 aromatic rings. The SMILES string of the molecule is CC1CCN(C(=O)C2(c3ccccc3)CCCC2)CCN1. The molecule has 1 saturated heterocycles. The van der Waals surface area contributed by atoms with Crippen LogP contribution in [0, 0.1) is 0 Å². The number of hydrogen-bond donors (Lipinski definition) is 1. The first-order valence-electron chi connectivity index (χ1n) is 8.31. The minimum Gasteiger partial charge on any atom is -0.341 e. The van der Waals surface area contributed by atoms with E-state index in [0.29, 0.717) is 11.9 Å². The van der Waals surface area contributed by atoms with Gasteiger partial charge in [-0.1, -0.05) is 43.2 Å². The largest absolute Gasteiger partial charge is 0.341 e. The van der Waals surface area contributed by atoms with Crippen LogP contribution >= 0.6 is 0 Å². The maximum absolute atomic E-state index is 13.3. The van der Waals surface area contributed by atoms with Crippen LogP contribution in [0.2, 0.25) is 0 Å². The summed E-state index contributed by atoms with van der Waals surface area (Å²) in [5.74, 6) is 0.363. The Balaban J connectivity index is 1.85. The van der Waals surface area contributed by atoms with Crippen molar-refractivity contribution in [2.75, 3.05) is 19.6 Å². The summed E-state index contributed by atoms with van der Waals surface area (Å²) in [5, 5.41) is 3.48. The zero-order valence-electron chi connectivity index (χ0n) is 13.0. The first-order chi connectivity index (χ1) is 10.2. The minimum atomic E-state index is -0.255. The van der Waals surface area contributed by atoms with E-state index in [2.05, 4.69) is 41.4 Å². The van der Waals surface area contributed by atoms with Gasteiger partial charge >= 0.3 is 0 Å². The molecule has 1 aliphatic heterocycles. The van der Waals surface area contributed by atoms with Crippen LogP contribution in [0.5, 0.6) is 0 Å². The Kier molecular flexibility index (Phi) is 4.29. The van der Waals surface area contributed by atoms with Gasteiger partial charge in [-0.05, 0) is 31.7 Å². The van der Waals surface area contributed by atoms with Crippen LogP contribution in [0.25, 0.3) is 0 Å². The molecule has 1 saturated carbocycles. The third kappa shape index (κ3) is 2.84. The zero-order valence-corrected chi connectivity index (χ0v) is 13.0. The third-order valence-corrected chi connectivity index (χ3v) is 5.19. The molecule has 3 heteroatoms. The lowest BCUT2D eigenvalue weighted by Crippen LogP contribution is -2.46. The molecule has 1 aliphatic carbocycles. The first-order valence-corrected chi connectivity index (χ1v) is 8.31. The highest BCUT2D eigenvalue weighted by Crippen LogP contribution is 2.42. The van der Waals surface area contributed by atoms with Gasteiger partial charge in [-0.2, -0.15) is 0 Å². The molecule has 1 aromatic carbocycles. The van der Waals surface area contributed by atoms with Crippen LogP contribution < -0.4 is 5.32 Å². The van der Waals surface area contributed by atoms with E-state index in [0.717, 1.165) is 38.9 Å². The van der Waals surface area contributed by atoms with E-state index in [9.17, 15) is 4.79 Å². The van der Waals surface area contributed by atoms with Gasteiger partial charge in [-0.25, -0.2) is 0 Å². The molecule has 0 aromatic heterocycles. The average Bonchev–Trinajstić information content (AvgIpc) is 2.92. The van der Waals surface area contributed by atoms with Gasteiger partial charge in [0.1, 0.15) is 0 Å². The fourth-order valence-corrected chi connectivity index (χ4v) is 3.88. The Bertz CT molecular complexity index is 479. The summed E-state index contributed by atoms with van der Waals surface area (Å²) >= 11 is 0. The fraction of sp³-hybridized carbons (Fsp3) is 0.611. The van der Waals surface area contributed by atoms with Gasteiger partial charge in [-0.15, -0.1) is 0 Å². The van der Waals surface area contributed by atoms with Gasteiger partial charge in [0.25, 0.3) is 0 Å². The molecule has 3 nitrogen and oxygen atoms in total. The van der Waals surface area contributed by atoms with Crippen LogP contribution in [-0.2, 0) is 10.2 Å². The monoisotopic (exact) mass is 286 g/mol. The second-order valence-electron chi connectivity index (χ2n) is 6.59. The second-order valence-corrected chi connectivity index (χ2v) is 6.59. The van der Waals surface area contributed by atoms with Crippen LogP contribution in [0.4, 0.5) is 0 Å². The summed E-state index contributed by atoms with van der Waals surface area (Å²) in [6.07, 6.45) is 5.41. The lowest BCUT2D eigenvalue weighted by atomic mass is 9.77. The molecule has 2 fully saturated rings. The number of carbonyl (C=O) groups excluding carboxylic acids is 1. The maximum Gasteiger partial charge on any atom is 0.233 e. The van der Waals surface area contributed by atoms with E-state index >= 15 is 0 Å². The number of amides is 1. The van der Waals surface area contributed by atoms with Crippen molar-refractivity contribution in [2.45, 2.75) is 50.5 Å².